The topological polar surface area (TPSA) is 96.0 Å². The number of carbonyl (C=O) groups excluding carboxylic acids is 2. The molecule has 3 aromatic rings. The minimum Gasteiger partial charge on any atom is -0.497 e. The largest absolute Gasteiger partial charge is 0.497 e. The first kappa shape index (κ1) is 32.2. The van der Waals surface area contributed by atoms with Crippen LogP contribution in [0, 0.1) is 6.92 Å². The standard InChI is InChI=1S/C30H35Cl2N3O5S/c1-20-10-12-27(13-11-20)41(38,39)35(25-16-23(31)15-24(32)17-25)19-28(36)34(21(2)29(37)33-30(3,4)5)18-22-8-7-9-26(14-22)40-6/h7-17,21H,18-19H2,1-6H3,(H,33,37)/t21-/m1/s1. The maximum Gasteiger partial charge on any atom is 0.264 e. The molecule has 1 N–H and O–H groups in total. The summed E-state index contributed by atoms with van der Waals surface area (Å²) in [5.74, 6) is -0.400. The van der Waals surface area contributed by atoms with E-state index in [0.717, 1.165) is 9.87 Å². The zero-order chi connectivity index (χ0) is 30.5. The molecule has 0 aliphatic heterocycles. The summed E-state index contributed by atoms with van der Waals surface area (Å²) in [6, 6.07) is 16.8. The number of ether oxygens (including phenoxy) is 1. The Bertz CT molecular complexity index is 1490. The SMILES string of the molecule is COc1cccc(CN(C(=O)CN(c2cc(Cl)cc(Cl)c2)S(=O)(=O)c2ccc(C)cc2)[C@H](C)C(=O)NC(C)(C)C)c1. The molecule has 0 fully saturated rings. The van der Waals surface area contributed by atoms with Crippen molar-refractivity contribution in [3.8, 4) is 5.75 Å². The zero-order valence-corrected chi connectivity index (χ0v) is 26.3. The van der Waals surface area contributed by atoms with E-state index >= 15 is 0 Å². The van der Waals surface area contributed by atoms with Crippen LogP contribution in [0.2, 0.25) is 10.0 Å². The summed E-state index contributed by atoms with van der Waals surface area (Å²) in [4.78, 5) is 28.6. The summed E-state index contributed by atoms with van der Waals surface area (Å²) >= 11 is 12.5. The molecule has 0 aliphatic rings. The fourth-order valence-corrected chi connectivity index (χ4v) is 5.99. The summed E-state index contributed by atoms with van der Waals surface area (Å²) in [6.45, 7) is 8.39. The molecule has 1 atom stereocenters. The number of sulfonamides is 1. The fourth-order valence-electron chi connectivity index (χ4n) is 4.07. The molecular formula is C30H35Cl2N3O5S. The normalized spacial score (nSPS) is 12.4. The van der Waals surface area contributed by atoms with Gasteiger partial charge in [-0.15, -0.1) is 0 Å². The average Bonchev–Trinajstić information content (AvgIpc) is 2.88. The molecule has 2 amide bonds. The lowest BCUT2D eigenvalue weighted by molar-refractivity contribution is -0.140. The first-order valence-corrected chi connectivity index (χ1v) is 15.1. The van der Waals surface area contributed by atoms with Gasteiger partial charge in [0, 0.05) is 22.1 Å². The molecule has 8 nitrogen and oxygen atoms in total. The van der Waals surface area contributed by atoms with Gasteiger partial charge < -0.3 is 15.0 Å². The van der Waals surface area contributed by atoms with Gasteiger partial charge in [-0.3, -0.25) is 13.9 Å². The Labute approximate surface area is 252 Å². The van der Waals surface area contributed by atoms with Crippen molar-refractivity contribution in [3.63, 3.8) is 0 Å². The van der Waals surface area contributed by atoms with E-state index in [1.165, 1.54) is 42.3 Å². The maximum absolute atomic E-state index is 14.0. The number of nitrogens with zero attached hydrogens (tertiary/aromatic N) is 2. The Hall–Kier alpha value is -3.27. The van der Waals surface area contributed by atoms with Gasteiger partial charge in [-0.05, 0) is 82.6 Å². The molecule has 0 spiro atoms. The van der Waals surface area contributed by atoms with Crippen molar-refractivity contribution in [2.75, 3.05) is 18.0 Å². The second kappa shape index (κ2) is 13.1. The van der Waals surface area contributed by atoms with Gasteiger partial charge in [0.1, 0.15) is 18.3 Å². The maximum atomic E-state index is 14.0. The molecule has 0 radical (unpaired) electrons. The Kier molecular flexibility index (Phi) is 10.3. The lowest BCUT2D eigenvalue weighted by Gasteiger charge is -2.33. The van der Waals surface area contributed by atoms with Crippen molar-refractivity contribution in [1.82, 2.24) is 10.2 Å². The van der Waals surface area contributed by atoms with Gasteiger partial charge in [0.2, 0.25) is 11.8 Å². The van der Waals surface area contributed by atoms with Gasteiger partial charge in [0.05, 0.1) is 17.7 Å². The molecular weight excluding hydrogens is 585 g/mol. The number of halogens is 2. The van der Waals surface area contributed by atoms with E-state index in [1.807, 2.05) is 27.7 Å². The van der Waals surface area contributed by atoms with Crippen LogP contribution >= 0.6 is 23.2 Å². The smallest absolute Gasteiger partial charge is 0.264 e. The lowest BCUT2D eigenvalue weighted by Crippen LogP contribution is -2.54. The van der Waals surface area contributed by atoms with Crippen LogP contribution in [0.15, 0.2) is 71.6 Å². The summed E-state index contributed by atoms with van der Waals surface area (Å²) in [5.41, 5.74) is 1.14. The second-order valence-corrected chi connectivity index (χ2v) is 13.5. The third kappa shape index (κ3) is 8.61. The third-order valence-electron chi connectivity index (χ3n) is 6.18. The number of nitrogens with one attached hydrogen (secondary N) is 1. The molecule has 41 heavy (non-hydrogen) atoms. The monoisotopic (exact) mass is 619 g/mol. The lowest BCUT2D eigenvalue weighted by atomic mass is 10.1. The van der Waals surface area contributed by atoms with Crippen LogP contribution in [-0.4, -0.2) is 50.4 Å². The number of rotatable bonds is 10. The van der Waals surface area contributed by atoms with Crippen LogP contribution in [0.4, 0.5) is 5.69 Å². The average molecular weight is 621 g/mol. The number of hydrogen-bond donors (Lipinski definition) is 1. The van der Waals surface area contributed by atoms with E-state index in [-0.39, 0.29) is 33.1 Å². The first-order chi connectivity index (χ1) is 19.1. The minimum absolute atomic E-state index is 0.00938. The van der Waals surface area contributed by atoms with Crippen molar-refractivity contribution >= 4 is 50.7 Å². The Morgan fingerprint density at radius 1 is 0.976 bits per heavy atom. The molecule has 0 unspecified atom stereocenters. The highest BCUT2D eigenvalue weighted by Crippen LogP contribution is 2.30. The highest BCUT2D eigenvalue weighted by atomic mass is 35.5. The number of carbonyl (C=O) groups is 2. The zero-order valence-electron chi connectivity index (χ0n) is 23.9. The Balaban J connectivity index is 2.08. The minimum atomic E-state index is -4.24. The number of benzene rings is 3. The highest BCUT2D eigenvalue weighted by molar-refractivity contribution is 7.92. The van der Waals surface area contributed by atoms with Gasteiger partial charge >= 0.3 is 0 Å². The van der Waals surface area contributed by atoms with E-state index in [0.29, 0.717) is 11.3 Å². The number of methoxy groups -OCH3 is 1. The molecule has 11 heteroatoms. The molecule has 0 heterocycles. The summed E-state index contributed by atoms with van der Waals surface area (Å²) in [7, 11) is -2.71. The predicted octanol–water partition coefficient (Wildman–Crippen LogP) is 5.84. The van der Waals surface area contributed by atoms with Gasteiger partial charge in [0.15, 0.2) is 0 Å². The summed E-state index contributed by atoms with van der Waals surface area (Å²) in [5, 5.41) is 3.31. The van der Waals surface area contributed by atoms with Crippen molar-refractivity contribution in [2.45, 2.75) is 57.6 Å². The predicted molar refractivity (Wildman–Crippen MR) is 163 cm³/mol. The van der Waals surface area contributed by atoms with Crippen LogP contribution < -0.4 is 14.4 Å². The van der Waals surface area contributed by atoms with E-state index in [1.54, 1.807) is 43.3 Å². The van der Waals surface area contributed by atoms with Gasteiger partial charge in [-0.2, -0.15) is 0 Å². The molecule has 0 saturated heterocycles. The van der Waals surface area contributed by atoms with E-state index < -0.39 is 34.1 Å². The van der Waals surface area contributed by atoms with Crippen molar-refractivity contribution < 1.29 is 22.7 Å². The van der Waals surface area contributed by atoms with Crippen molar-refractivity contribution in [2.24, 2.45) is 0 Å². The van der Waals surface area contributed by atoms with E-state index in [4.69, 9.17) is 27.9 Å². The van der Waals surface area contributed by atoms with E-state index in [9.17, 15) is 18.0 Å². The van der Waals surface area contributed by atoms with Gasteiger partial charge in [-0.1, -0.05) is 53.0 Å². The van der Waals surface area contributed by atoms with Crippen LogP contribution in [0.25, 0.3) is 0 Å². The molecule has 0 bridgehead atoms. The molecule has 0 aromatic heterocycles. The number of aryl methyl sites for hydroxylation is 1. The van der Waals surface area contributed by atoms with Crippen LogP contribution in [0.5, 0.6) is 5.75 Å². The Morgan fingerprint density at radius 2 is 1.59 bits per heavy atom. The van der Waals surface area contributed by atoms with Crippen molar-refractivity contribution in [1.29, 1.82) is 0 Å². The first-order valence-electron chi connectivity index (χ1n) is 12.9. The molecule has 0 aliphatic carbocycles. The third-order valence-corrected chi connectivity index (χ3v) is 8.40. The molecule has 3 rings (SSSR count). The quantitative estimate of drug-likeness (QED) is 0.308. The molecule has 220 valence electrons. The number of anilines is 1. The summed E-state index contributed by atoms with van der Waals surface area (Å²) < 4.78 is 34.1. The molecule has 0 saturated carbocycles. The van der Waals surface area contributed by atoms with Crippen LogP contribution in [-0.2, 0) is 26.2 Å². The second-order valence-electron chi connectivity index (χ2n) is 10.7. The van der Waals surface area contributed by atoms with Gasteiger partial charge in [-0.25, -0.2) is 8.42 Å². The van der Waals surface area contributed by atoms with Crippen molar-refractivity contribution in [3.05, 3.63) is 87.9 Å². The van der Waals surface area contributed by atoms with Gasteiger partial charge in [0.25, 0.3) is 10.0 Å². The number of hydrogen-bond acceptors (Lipinski definition) is 5. The van der Waals surface area contributed by atoms with Crippen LogP contribution in [0.3, 0.4) is 0 Å². The number of amides is 2. The highest BCUT2D eigenvalue weighted by Gasteiger charge is 2.33. The summed E-state index contributed by atoms with van der Waals surface area (Å²) in [6.07, 6.45) is 0. The van der Waals surface area contributed by atoms with E-state index in [2.05, 4.69) is 5.32 Å². The molecule has 3 aromatic carbocycles. The fraction of sp³-hybridized carbons (Fsp3) is 0.333. The van der Waals surface area contributed by atoms with Crippen LogP contribution in [0.1, 0.15) is 38.8 Å². The Morgan fingerprint density at radius 3 is 2.15 bits per heavy atom.